The number of aliphatic carboxylic acids is 1. The summed E-state index contributed by atoms with van der Waals surface area (Å²) in [6.45, 7) is 8.87. The minimum absolute atomic E-state index is 0.205. The van der Waals surface area contributed by atoms with Crippen LogP contribution in [0, 0.1) is 17.3 Å². The maximum Gasteiger partial charge on any atom is 0.321 e. The highest BCUT2D eigenvalue weighted by Gasteiger charge is 2.41. The van der Waals surface area contributed by atoms with E-state index in [1.54, 1.807) is 0 Å². The minimum Gasteiger partial charge on any atom is -0.480 e. The molecule has 2 fully saturated rings. The lowest BCUT2D eigenvalue weighted by Crippen LogP contribution is -2.43. The van der Waals surface area contributed by atoms with Crippen LogP contribution in [0.4, 0.5) is 0 Å². The molecular formula is C15H27NO2. The highest BCUT2D eigenvalue weighted by atomic mass is 16.4. The molecule has 2 aliphatic rings. The first kappa shape index (κ1) is 13.9. The summed E-state index contributed by atoms with van der Waals surface area (Å²) in [7, 11) is 0. The van der Waals surface area contributed by atoms with E-state index in [2.05, 4.69) is 25.7 Å². The third kappa shape index (κ3) is 3.25. The molecule has 0 spiro atoms. The number of hydrogen-bond acceptors (Lipinski definition) is 2. The average Bonchev–Trinajstić information content (AvgIpc) is 3.02. The summed E-state index contributed by atoms with van der Waals surface area (Å²) in [5.41, 5.74) is 0.355. The van der Waals surface area contributed by atoms with Crippen LogP contribution >= 0.6 is 0 Å². The van der Waals surface area contributed by atoms with Crippen LogP contribution < -0.4 is 0 Å². The fraction of sp³-hybridized carbons (Fsp3) is 0.933. The Morgan fingerprint density at radius 1 is 1.17 bits per heavy atom. The van der Waals surface area contributed by atoms with Crippen LogP contribution in [-0.4, -0.2) is 35.1 Å². The van der Waals surface area contributed by atoms with E-state index >= 15 is 0 Å². The number of carbonyl (C=O) groups is 1. The maximum absolute atomic E-state index is 11.4. The molecule has 3 heteroatoms. The molecule has 0 amide bonds. The van der Waals surface area contributed by atoms with Crippen molar-refractivity contribution in [3.05, 3.63) is 0 Å². The van der Waals surface area contributed by atoms with Crippen molar-refractivity contribution in [1.29, 1.82) is 0 Å². The summed E-state index contributed by atoms with van der Waals surface area (Å²) >= 11 is 0. The molecule has 18 heavy (non-hydrogen) atoms. The predicted octanol–water partition coefficient (Wildman–Crippen LogP) is 3.00. The van der Waals surface area contributed by atoms with E-state index in [0.29, 0.717) is 11.3 Å². The van der Waals surface area contributed by atoms with Crippen molar-refractivity contribution in [3.63, 3.8) is 0 Å². The number of nitrogens with zero attached hydrogens (tertiary/aromatic N) is 1. The standard InChI is InChI=1S/C15H27NO2/c1-15(2,3)12-5-4-9-16(10-8-12)13(14(17)18)11-6-7-11/h11-13H,4-10H2,1-3H3,(H,17,18). The van der Waals surface area contributed by atoms with Crippen LogP contribution in [0.2, 0.25) is 0 Å². The van der Waals surface area contributed by atoms with Gasteiger partial charge in [-0.3, -0.25) is 9.69 Å². The molecule has 0 bridgehead atoms. The predicted molar refractivity (Wildman–Crippen MR) is 72.5 cm³/mol. The lowest BCUT2D eigenvalue weighted by atomic mass is 9.77. The van der Waals surface area contributed by atoms with E-state index in [0.717, 1.165) is 44.7 Å². The number of hydrogen-bond donors (Lipinski definition) is 1. The zero-order valence-electron chi connectivity index (χ0n) is 12.0. The van der Waals surface area contributed by atoms with Gasteiger partial charge in [-0.15, -0.1) is 0 Å². The summed E-state index contributed by atoms with van der Waals surface area (Å²) in [6.07, 6.45) is 5.77. The largest absolute Gasteiger partial charge is 0.480 e. The van der Waals surface area contributed by atoms with Crippen LogP contribution in [0.5, 0.6) is 0 Å². The SMILES string of the molecule is CC(C)(C)C1CCCN(C(C(=O)O)C2CC2)CC1. The average molecular weight is 253 g/mol. The van der Waals surface area contributed by atoms with Crippen molar-refractivity contribution in [3.8, 4) is 0 Å². The molecule has 0 radical (unpaired) electrons. The summed E-state index contributed by atoms with van der Waals surface area (Å²) in [4.78, 5) is 13.7. The van der Waals surface area contributed by atoms with Crippen molar-refractivity contribution in [2.45, 2.75) is 58.9 Å². The van der Waals surface area contributed by atoms with Gasteiger partial charge in [-0.05, 0) is 62.4 Å². The van der Waals surface area contributed by atoms with Gasteiger partial charge in [0.15, 0.2) is 0 Å². The zero-order valence-corrected chi connectivity index (χ0v) is 12.0. The smallest absolute Gasteiger partial charge is 0.321 e. The number of carboxylic acid groups (broad SMARTS) is 1. The minimum atomic E-state index is -0.605. The third-order valence-electron chi connectivity index (χ3n) is 4.70. The Kier molecular flexibility index (Phi) is 4.00. The molecule has 0 aromatic rings. The first-order chi connectivity index (χ1) is 8.39. The molecular weight excluding hydrogens is 226 g/mol. The summed E-state index contributed by atoms with van der Waals surface area (Å²) in [6, 6.07) is -0.205. The molecule has 1 N–H and O–H groups in total. The molecule has 1 saturated carbocycles. The second kappa shape index (κ2) is 5.20. The highest BCUT2D eigenvalue weighted by molar-refractivity contribution is 5.74. The zero-order chi connectivity index (χ0) is 13.3. The Morgan fingerprint density at radius 3 is 2.33 bits per heavy atom. The fourth-order valence-electron chi connectivity index (χ4n) is 3.33. The van der Waals surface area contributed by atoms with Crippen molar-refractivity contribution in [1.82, 2.24) is 4.90 Å². The van der Waals surface area contributed by atoms with Gasteiger partial charge < -0.3 is 5.11 Å². The Labute approximate surface area is 111 Å². The van der Waals surface area contributed by atoms with Gasteiger partial charge in [-0.25, -0.2) is 0 Å². The van der Waals surface area contributed by atoms with Gasteiger partial charge in [0.05, 0.1) is 0 Å². The Hall–Kier alpha value is -0.570. The summed E-state index contributed by atoms with van der Waals surface area (Å²) in [5, 5.41) is 9.41. The van der Waals surface area contributed by atoms with Gasteiger partial charge >= 0.3 is 5.97 Å². The van der Waals surface area contributed by atoms with Crippen LogP contribution in [0.1, 0.15) is 52.9 Å². The molecule has 104 valence electrons. The fourth-order valence-corrected chi connectivity index (χ4v) is 3.33. The van der Waals surface area contributed by atoms with E-state index < -0.39 is 5.97 Å². The lowest BCUT2D eigenvalue weighted by molar-refractivity contribution is -0.144. The van der Waals surface area contributed by atoms with Crippen LogP contribution in [-0.2, 0) is 4.79 Å². The maximum atomic E-state index is 11.4. The quantitative estimate of drug-likeness (QED) is 0.840. The number of carboxylic acids is 1. The van der Waals surface area contributed by atoms with Gasteiger partial charge in [0.25, 0.3) is 0 Å². The molecule has 2 unspecified atom stereocenters. The third-order valence-corrected chi connectivity index (χ3v) is 4.70. The molecule has 0 aromatic heterocycles. The van der Waals surface area contributed by atoms with Gasteiger partial charge in [0.2, 0.25) is 0 Å². The van der Waals surface area contributed by atoms with Gasteiger partial charge in [0.1, 0.15) is 6.04 Å². The van der Waals surface area contributed by atoms with Crippen LogP contribution in [0.15, 0.2) is 0 Å². The van der Waals surface area contributed by atoms with E-state index in [-0.39, 0.29) is 6.04 Å². The summed E-state index contributed by atoms with van der Waals surface area (Å²) < 4.78 is 0. The topological polar surface area (TPSA) is 40.5 Å². The molecule has 1 aliphatic carbocycles. The Morgan fingerprint density at radius 2 is 1.83 bits per heavy atom. The molecule has 1 saturated heterocycles. The van der Waals surface area contributed by atoms with E-state index in [4.69, 9.17) is 0 Å². The van der Waals surface area contributed by atoms with Crippen molar-refractivity contribution >= 4 is 5.97 Å². The monoisotopic (exact) mass is 253 g/mol. The van der Waals surface area contributed by atoms with Crippen molar-refractivity contribution in [2.75, 3.05) is 13.1 Å². The molecule has 3 nitrogen and oxygen atoms in total. The summed E-state index contributed by atoms with van der Waals surface area (Å²) in [5.74, 6) is 0.552. The Balaban J connectivity index is 1.97. The first-order valence-electron chi connectivity index (χ1n) is 7.36. The van der Waals surface area contributed by atoms with Crippen LogP contribution in [0.25, 0.3) is 0 Å². The van der Waals surface area contributed by atoms with Crippen molar-refractivity contribution in [2.24, 2.45) is 17.3 Å². The second-order valence-electron chi connectivity index (χ2n) is 7.15. The molecule has 1 aliphatic heterocycles. The van der Waals surface area contributed by atoms with Gasteiger partial charge in [-0.1, -0.05) is 20.8 Å². The first-order valence-corrected chi connectivity index (χ1v) is 7.36. The Bertz CT molecular complexity index is 304. The van der Waals surface area contributed by atoms with Crippen LogP contribution in [0.3, 0.4) is 0 Å². The molecule has 1 heterocycles. The van der Waals surface area contributed by atoms with Crippen molar-refractivity contribution < 1.29 is 9.90 Å². The lowest BCUT2D eigenvalue weighted by Gasteiger charge is -2.31. The van der Waals surface area contributed by atoms with E-state index in [1.807, 2.05) is 0 Å². The normalized spacial score (nSPS) is 28.7. The molecule has 2 atom stereocenters. The second-order valence-corrected chi connectivity index (χ2v) is 7.15. The molecule has 0 aromatic carbocycles. The van der Waals surface area contributed by atoms with Gasteiger partial charge in [-0.2, -0.15) is 0 Å². The highest BCUT2D eigenvalue weighted by Crippen LogP contribution is 2.39. The van der Waals surface area contributed by atoms with E-state index in [1.165, 1.54) is 6.42 Å². The van der Waals surface area contributed by atoms with E-state index in [9.17, 15) is 9.90 Å². The van der Waals surface area contributed by atoms with Gasteiger partial charge in [0, 0.05) is 0 Å². The number of rotatable bonds is 3. The number of likely N-dealkylation sites (tertiary alicyclic amines) is 1. The molecule has 2 rings (SSSR count).